The molecule has 0 aliphatic heterocycles. The van der Waals surface area contributed by atoms with Gasteiger partial charge in [0, 0.05) is 14.1 Å². The van der Waals surface area contributed by atoms with E-state index in [1.807, 2.05) is 0 Å². The molecule has 1 aromatic rings. The monoisotopic (exact) mass is 257 g/mol. The Bertz CT molecular complexity index is 574. The number of ether oxygens (including phenoxy) is 1. The van der Waals surface area contributed by atoms with Crippen LogP contribution in [-0.2, 0) is 18.8 Å². The number of amides is 1. The molecule has 0 fully saturated rings. The summed E-state index contributed by atoms with van der Waals surface area (Å²) in [6, 6.07) is 0. The number of rotatable bonds is 3. The molecule has 0 atom stereocenters. The highest BCUT2D eigenvalue weighted by Crippen LogP contribution is 2.07. The number of nitrogens with two attached hydrogens (primary N) is 1. The molecule has 1 aromatic heterocycles. The Kier molecular flexibility index (Phi) is 3.97. The van der Waals surface area contributed by atoms with E-state index >= 15 is 0 Å². The van der Waals surface area contributed by atoms with E-state index in [1.54, 1.807) is 6.92 Å². The van der Waals surface area contributed by atoms with E-state index in [0.717, 1.165) is 9.13 Å². The van der Waals surface area contributed by atoms with Gasteiger partial charge in [-0.3, -0.25) is 19.4 Å². The van der Waals surface area contributed by atoms with Crippen LogP contribution in [0.25, 0.3) is 0 Å². The standard InChI is InChI=1S/C9H15N5O4/c1-4-18-8(16)12-11-5-6(10)13(2)9(17)14(3)7(5)15/h11H,4,10H2,1-3H3,(H,12,16). The molecule has 0 aromatic carbocycles. The molecule has 0 aliphatic rings. The third-order valence-electron chi connectivity index (χ3n) is 2.27. The van der Waals surface area contributed by atoms with Crippen LogP contribution in [0.5, 0.6) is 0 Å². The smallest absolute Gasteiger partial charge is 0.425 e. The molecule has 0 aliphatic carbocycles. The number of hydrogen-bond donors (Lipinski definition) is 3. The molecule has 9 heteroatoms. The molecule has 0 spiro atoms. The minimum atomic E-state index is -0.757. The summed E-state index contributed by atoms with van der Waals surface area (Å²) in [5.41, 5.74) is 8.77. The fourth-order valence-corrected chi connectivity index (χ4v) is 1.26. The van der Waals surface area contributed by atoms with Crippen molar-refractivity contribution in [3.8, 4) is 0 Å². The topological polar surface area (TPSA) is 120 Å². The van der Waals surface area contributed by atoms with Crippen molar-refractivity contribution in [3.63, 3.8) is 0 Å². The Morgan fingerprint density at radius 2 is 1.94 bits per heavy atom. The number of anilines is 2. The van der Waals surface area contributed by atoms with Crippen LogP contribution < -0.4 is 27.8 Å². The van der Waals surface area contributed by atoms with E-state index in [-0.39, 0.29) is 18.1 Å². The highest BCUT2D eigenvalue weighted by molar-refractivity contribution is 5.71. The third kappa shape index (κ3) is 2.44. The Hall–Kier alpha value is -2.45. The quantitative estimate of drug-likeness (QED) is 0.581. The Labute approximate surface area is 102 Å². The van der Waals surface area contributed by atoms with Crippen molar-refractivity contribution in [2.24, 2.45) is 14.1 Å². The molecule has 0 saturated carbocycles. The average molecular weight is 257 g/mol. The molecule has 18 heavy (non-hydrogen) atoms. The average Bonchev–Trinajstić information content (AvgIpc) is 2.34. The van der Waals surface area contributed by atoms with Crippen molar-refractivity contribution < 1.29 is 9.53 Å². The molecule has 4 N–H and O–H groups in total. The van der Waals surface area contributed by atoms with E-state index in [4.69, 9.17) is 5.73 Å². The number of nitrogens with one attached hydrogen (secondary N) is 2. The number of hydrogen-bond acceptors (Lipinski definition) is 6. The van der Waals surface area contributed by atoms with Gasteiger partial charge in [-0.25, -0.2) is 15.0 Å². The van der Waals surface area contributed by atoms with Crippen molar-refractivity contribution in [2.45, 2.75) is 6.92 Å². The highest BCUT2D eigenvalue weighted by Gasteiger charge is 2.13. The molecule has 1 amide bonds. The van der Waals surface area contributed by atoms with Crippen LogP contribution in [0.4, 0.5) is 16.3 Å². The molecular formula is C9H15N5O4. The van der Waals surface area contributed by atoms with Gasteiger partial charge in [-0.05, 0) is 6.92 Å². The van der Waals surface area contributed by atoms with E-state index in [2.05, 4.69) is 15.6 Å². The maximum Gasteiger partial charge on any atom is 0.425 e. The minimum Gasteiger partial charge on any atom is -0.449 e. The van der Waals surface area contributed by atoms with Gasteiger partial charge in [0.05, 0.1) is 6.61 Å². The lowest BCUT2D eigenvalue weighted by Gasteiger charge is -2.13. The van der Waals surface area contributed by atoms with Gasteiger partial charge in [0.2, 0.25) is 0 Å². The predicted octanol–water partition coefficient (Wildman–Crippen LogP) is -1.26. The molecule has 1 rings (SSSR count). The van der Waals surface area contributed by atoms with Crippen LogP contribution in [0, 0.1) is 0 Å². The van der Waals surface area contributed by atoms with E-state index in [0.29, 0.717) is 0 Å². The fourth-order valence-electron chi connectivity index (χ4n) is 1.26. The van der Waals surface area contributed by atoms with Crippen LogP contribution in [0.15, 0.2) is 9.59 Å². The zero-order valence-corrected chi connectivity index (χ0v) is 10.3. The lowest BCUT2D eigenvalue weighted by molar-refractivity contribution is 0.154. The van der Waals surface area contributed by atoms with Crippen molar-refractivity contribution in [1.29, 1.82) is 0 Å². The molecule has 1 heterocycles. The zero-order valence-electron chi connectivity index (χ0n) is 10.3. The summed E-state index contributed by atoms with van der Waals surface area (Å²) < 4.78 is 6.54. The first-order valence-electron chi connectivity index (χ1n) is 5.14. The highest BCUT2D eigenvalue weighted by atomic mass is 16.5. The molecular weight excluding hydrogens is 242 g/mol. The number of nitrogens with zero attached hydrogens (tertiary/aromatic N) is 2. The van der Waals surface area contributed by atoms with Crippen LogP contribution in [-0.4, -0.2) is 21.8 Å². The molecule has 100 valence electrons. The van der Waals surface area contributed by atoms with Crippen LogP contribution in [0.3, 0.4) is 0 Å². The molecule has 0 bridgehead atoms. The lowest BCUT2D eigenvalue weighted by atomic mass is 10.4. The predicted molar refractivity (Wildman–Crippen MR) is 65.1 cm³/mol. The summed E-state index contributed by atoms with van der Waals surface area (Å²) in [5, 5.41) is 0. The second-order valence-corrected chi connectivity index (χ2v) is 3.44. The maximum absolute atomic E-state index is 11.7. The normalized spacial score (nSPS) is 9.94. The first-order chi connectivity index (χ1) is 8.40. The summed E-state index contributed by atoms with van der Waals surface area (Å²) in [7, 11) is 2.71. The molecule has 0 radical (unpaired) electrons. The van der Waals surface area contributed by atoms with E-state index < -0.39 is 17.3 Å². The van der Waals surface area contributed by atoms with Crippen molar-refractivity contribution >= 4 is 17.6 Å². The molecule has 0 saturated heterocycles. The SMILES string of the molecule is CCOC(=O)NNc1c(N)n(C)c(=O)n(C)c1=O. The fraction of sp³-hybridized carbons (Fsp3) is 0.444. The maximum atomic E-state index is 11.7. The van der Waals surface area contributed by atoms with Crippen molar-refractivity contribution in [1.82, 2.24) is 14.6 Å². The zero-order chi connectivity index (χ0) is 13.9. The van der Waals surface area contributed by atoms with Crippen LogP contribution in [0.1, 0.15) is 6.92 Å². The van der Waals surface area contributed by atoms with Gasteiger partial charge in [-0.2, -0.15) is 0 Å². The van der Waals surface area contributed by atoms with Gasteiger partial charge in [0.25, 0.3) is 5.56 Å². The molecule has 9 nitrogen and oxygen atoms in total. The van der Waals surface area contributed by atoms with Crippen LogP contribution >= 0.6 is 0 Å². The summed E-state index contributed by atoms with van der Waals surface area (Å²) in [5.74, 6) is -0.0834. The Morgan fingerprint density at radius 1 is 1.33 bits per heavy atom. The van der Waals surface area contributed by atoms with Gasteiger partial charge in [0.1, 0.15) is 5.82 Å². The summed E-state index contributed by atoms with van der Waals surface area (Å²) >= 11 is 0. The number of carbonyl (C=O) groups excluding carboxylic acids is 1. The van der Waals surface area contributed by atoms with Gasteiger partial charge >= 0.3 is 11.8 Å². The third-order valence-corrected chi connectivity index (χ3v) is 2.27. The first kappa shape index (κ1) is 13.6. The number of hydrazine groups is 1. The number of aromatic nitrogens is 2. The minimum absolute atomic E-state index is 0.0834. The van der Waals surface area contributed by atoms with Gasteiger partial charge in [0.15, 0.2) is 5.69 Å². The lowest BCUT2D eigenvalue weighted by Crippen LogP contribution is -2.42. The Balaban J connectivity index is 3.08. The van der Waals surface area contributed by atoms with Gasteiger partial charge in [-0.1, -0.05) is 0 Å². The first-order valence-corrected chi connectivity index (χ1v) is 5.14. The van der Waals surface area contributed by atoms with Gasteiger partial charge < -0.3 is 10.5 Å². The number of nitrogen functional groups attached to an aromatic ring is 1. The van der Waals surface area contributed by atoms with Crippen molar-refractivity contribution in [3.05, 3.63) is 20.8 Å². The van der Waals surface area contributed by atoms with E-state index in [9.17, 15) is 14.4 Å². The van der Waals surface area contributed by atoms with Gasteiger partial charge in [-0.15, -0.1) is 0 Å². The Morgan fingerprint density at radius 3 is 2.50 bits per heavy atom. The van der Waals surface area contributed by atoms with E-state index in [1.165, 1.54) is 14.1 Å². The summed E-state index contributed by atoms with van der Waals surface area (Å²) in [6.45, 7) is 1.83. The van der Waals surface area contributed by atoms with Crippen molar-refractivity contribution in [2.75, 3.05) is 17.8 Å². The van der Waals surface area contributed by atoms with Crippen LogP contribution in [0.2, 0.25) is 0 Å². The second-order valence-electron chi connectivity index (χ2n) is 3.44. The summed E-state index contributed by atoms with van der Waals surface area (Å²) in [4.78, 5) is 34.3. The summed E-state index contributed by atoms with van der Waals surface area (Å²) in [6.07, 6.45) is -0.757. The number of carbonyl (C=O) groups is 1. The second kappa shape index (κ2) is 5.25. The largest absolute Gasteiger partial charge is 0.449 e. The molecule has 0 unspecified atom stereocenters.